The largest absolute Gasteiger partial charge is 0.379 e. The van der Waals surface area contributed by atoms with E-state index >= 15 is 0 Å². The van der Waals surface area contributed by atoms with Gasteiger partial charge >= 0.3 is 0 Å². The summed E-state index contributed by atoms with van der Waals surface area (Å²) in [5.74, 6) is 0.822. The van der Waals surface area contributed by atoms with Crippen molar-refractivity contribution in [3.63, 3.8) is 0 Å². The number of hydrogen-bond acceptors (Lipinski definition) is 5. The number of ether oxygens (including phenoxy) is 1. The molecule has 0 spiro atoms. The minimum absolute atomic E-state index is 0.142. The van der Waals surface area contributed by atoms with Crippen molar-refractivity contribution in [2.45, 2.75) is 51.0 Å². The number of morpholine rings is 1. The number of sulfonamides is 1. The normalized spacial score (nSPS) is 27.8. The first-order valence-corrected chi connectivity index (χ1v) is 12.4. The van der Waals surface area contributed by atoms with Gasteiger partial charge in [0.15, 0.2) is 0 Å². The van der Waals surface area contributed by atoms with Crippen LogP contribution in [0.4, 0.5) is 0 Å². The van der Waals surface area contributed by atoms with Gasteiger partial charge in [-0.2, -0.15) is 4.31 Å². The minimum atomic E-state index is -3.17. The Morgan fingerprint density at radius 2 is 1.69 bits per heavy atom. The summed E-state index contributed by atoms with van der Waals surface area (Å²) in [6.07, 6.45) is 10.3. The number of nitrogens with zero attached hydrogens (tertiary/aromatic N) is 3. The lowest BCUT2D eigenvalue weighted by Crippen LogP contribution is -2.53. The molecule has 0 bridgehead atoms. The fourth-order valence-corrected chi connectivity index (χ4v) is 5.98. The quantitative estimate of drug-likeness (QED) is 0.665. The Morgan fingerprint density at radius 1 is 0.962 bits per heavy atom. The van der Waals surface area contributed by atoms with E-state index < -0.39 is 10.0 Å². The maximum Gasteiger partial charge on any atom is 0.211 e. The van der Waals surface area contributed by atoms with Crippen LogP contribution in [-0.4, -0.2) is 93.8 Å². The SMILES string of the molecule is CS(=O)(=O)N(CCN1CCOCC1)C1CCCN(CC2CCCCC2)C1. The summed E-state index contributed by atoms with van der Waals surface area (Å²) in [6.45, 7) is 7.98. The molecule has 26 heavy (non-hydrogen) atoms. The molecule has 3 rings (SSSR count). The molecule has 0 aromatic carbocycles. The lowest BCUT2D eigenvalue weighted by molar-refractivity contribution is 0.0334. The predicted molar refractivity (Wildman–Crippen MR) is 105 cm³/mol. The van der Waals surface area contributed by atoms with E-state index in [0.717, 1.165) is 71.2 Å². The van der Waals surface area contributed by atoms with Gasteiger partial charge in [-0.05, 0) is 38.1 Å². The van der Waals surface area contributed by atoms with Crippen LogP contribution in [0.3, 0.4) is 0 Å². The first kappa shape index (κ1) is 20.5. The highest BCUT2D eigenvalue weighted by Gasteiger charge is 2.32. The van der Waals surface area contributed by atoms with Gasteiger partial charge in [-0.25, -0.2) is 8.42 Å². The molecule has 0 aromatic rings. The third-order valence-electron chi connectivity index (χ3n) is 6.30. The topological polar surface area (TPSA) is 53.1 Å². The van der Waals surface area contributed by atoms with Crippen LogP contribution in [0, 0.1) is 5.92 Å². The fraction of sp³-hybridized carbons (Fsp3) is 1.00. The Kier molecular flexibility index (Phi) is 7.75. The van der Waals surface area contributed by atoms with Crippen molar-refractivity contribution < 1.29 is 13.2 Å². The average molecular weight is 388 g/mol. The number of likely N-dealkylation sites (tertiary alicyclic amines) is 1. The first-order chi connectivity index (χ1) is 12.5. The zero-order chi connectivity index (χ0) is 18.4. The molecule has 6 nitrogen and oxygen atoms in total. The van der Waals surface area contributed by atoms with E-state index in [4.69, 9.17) is 4.74 Å². The Balaban J connectivity index is 1.54. The van der Waals surface area contributed by atoms with Crippen LogP contribution >= 0.6 is 0 Å². The molecule has 0 amide bonds. The first-order valence-electron chi connectivity index (χ1n) is 10.5. The molecule has 1 unspecified atom stereocenters. The molecule has 2 saturated heterocycles. The van der Waals surface area contributed by atoms with E-state index in [9.17, 15) is 8.42 Å². The minimum Gasteiger partial charge on any atom is -0.379 e. The molecular formula is C19H37N3O3S. The van der Waals surface area contributed by atoms with E-state index in [-0.39, 0.29) is 6.04 Å². The second-order valence-electron chi connectivity index (χ2n) is 8.39. The molecule has 0 radical (unpaired) electrons. The van der Waals surface area contributed by atoms with Crippen molar-refractivity contribution in [1.82, 2.24) is 14.1 Å². The van der Waals surface area contributed by atoms with Crippen LogP contribution in [-0.2, 0) is 14.8 Å². The molecule has 1 saturated carbocycles. The molecule has 1 atom stereocenters. The monoisotopic (exact) mass is 387 g/mol. The van der Waals surface area contributed by atoms with Crippen LogP contribution in [0.2, 0.25) is 0 Å². The van der Waals surface area contributed by atoms with Crippen LogP contribution in [0.1, 0.15) is 44.9 Å². The fourth-order valence-electron chi connectivity index (χ4n) is 4.85. The predicted octanol–water partition coefficient (Wildman–Crippen LogP) is 1.62. The third-order valence-corrected chi connectivity index (χ3v) is 7.63. The molecule has 1 aliphatic carbocycles. The second kappa shape index (κ2) is 9.82. The molecule has 0 aromatic heterocycles. The zero-order valence-corrected chi connectivity index (χ0v) is 17.3. The van der Waals surface area contributed by atoms with Gasteiger partial charge in [0.05, 0.1) is 19.5 Å². The zero-order valence-electron chi connectivity index (χ0n) is 16.4. The molecule has 2 heterocycles. The van der Waals surface area contributed by atoms with Crippen molar-refractivity contribution in [1.29, 1.82) is 0 Å². The maximum atomic E-state index is 12.5. The van der Waals surface area contributed by atoms with Gasteiger partial charge in [0.2, 0.25) is 10.0 Å². The molecule has 152 valence electrons. The van der Waals surface area contributed by atoms with E-state index in [1.54, 1.807) is 4.31 Å². The summed E-state index contributed by atoms with van der Waals surface area (Å²) in [5.41, 5.74) is 0. The molecule has 3 aliphatic rings. The van der Waals surface area contributed by atoms with Gasteiger partial charge in [-0.3, -0.25) is 4.90 Å². The molecule has 0 N–H and O–H groups in total. The molecule has 2 aliphatic heterocycles. The highest BCUT2D eigenvalue weighted by molar-refractivity contribution is 7.88. The van der Waals surface area contributed by atoms with E-state index in [1.165, 1.54) is 38.4 Å². The highest BCUT2D eigenvalue weighted by atomic mass is 32.2. The van der Waals surface area contributed by atoms with Crippen LogP contribution in [0.5, 0.6) is 0 Å². The third kappa shape index (κ3) is 6.16. The smallest absolute Gasteiger partial charge is 0.211 e. The lowest BCUT2D eigenvalue weighted by Gasteiger charge is -2.40. The van der Waals surface area contributed by atoms with Crippen molar-refractivity contribution in [3.05, 3.63) is 0 Å². The standard InChI is InChI=1S/C19H37N3O3S/c1-26(23,24)22(11-10-20-12-14-25-15-13-20)19-8-5-9-21(17-19)16-18-6-3-2-4-7-18/h18-19H,2-17H2,1H3. The average Bonchev–Trinajstić information content (AvgIpc) is 2.63. The summed E-state index contributed by atoms with van der Waals surface area (Å²) in [5, 5.41) is 0. The van der Waals surface area contributed by atoms with E-state index in [1.807, 2.05) is 0 Å². The van der Waals surface area contributed by atoms with Crippen LogP contribution in [0.25, 0.3) is 0 Å². The molecule has 7 heteroatoms. The Labute approximate surface area is 159 Å². The van der Waals surface area contributed by atoms with Gasteiger partial charge in [-0.1, -0.05) is 19.3 Å². The molecule has 3 fully saturated rings. The van der Waals surface area contributed by atoms with Crippen molar-refractivity contribution in [2.75, 3.05) is 65.3 Å². The number of piperidine rings is 1. The number of hydrogen-bond donors (Lipinski definition) is 0. The second-order valence-corrected chi connectivity index (χ2v) is 10.3. The lowest BCUT2D eigenvalue weighted by atomic mass is 9.88. The maximum absolute atomic E-state index is 12.5. The van der Waals surface area contributed by atoms with Gasteiger partial charge in [0.25, 0.3) is 0 Å². The summed E-state index contributed by atoms with van der Waals surface area (Å²) < 4.78 is 32.1. The summed E-state index contributed by atoms with van der Waals surface area (Å²) in [7, 11) is -3.17. The van der Waals surface area contributed by atoms with Crippen molar-refractivity contribution in [2.24, 2.45) is 5.92 Å². The Hall–Kier alpha value is -0.210. The van der Waals surface area contributed by atoms with Crippen LogP contribution in [0.15, 0.2) is 0 Å². The van der Waals surface area contributed by atoms with Crippen molar-refractivity contribution >= 4 is 10.0 Å². The van der Waals surface area contributed by atoms with Gasteiger partial charge in [-0.15, -0.1) is 0 Å². The summed E-state index contributed by atoms with van der Waals surface area (Å²) in [4.78, 5) is 4.86. The van der Waals surface area contributed by atoms with Crippen molar-refractivity contribution in [3.8, 4) is 0 Å². The van der Waals surface area contributed by atoms with Gasteiger partial charge in [0.1, 0.15) is 0 Å². The number of rotatable bonds is 7. The van der Waals surface area contributed by atoms with Crippen LogP contribution < -0.4 is 0 Å². The Bertz CT molecular complexity index is 516. The van der Waals surface area contributed by atoms with Gasteiger partial charge in [0, 0.05) is 45.3 Å². The Morgan fingerprint density at radius 3 is 2.38 bits per heavy atom. The van der Waals surface area contributed by atoms with Gasteiger partial charge < -0.3 is 9.64 Å². The summed E-state index contributed by atoms with van der Waals surface area (Å²) >= 11 is 0. The van der Waals surface area contributed by atoms with E-state index in [2.05, 4.69) is 9.80 Å². The highest BCUT2D eigenvalue weighted by Crippen LogP contribution is 2.26. The molecular weight excluding hydrogens is 350 g/mol. The van der Waals surface area contributed by atoms with E-state index in [0.29, 0.717) is 6.54 Å². The summed E-state index contributed by atoms with van der Waals surface area (Å²) in [6, 6.07) is 0.142.